The highest BCUT2D eigenvalue weighted by Gasteiger charge is 2.24. The van der Waals surface area contributed by atoms with Gasteiger partial charge in [0, 0.05) is 12.3 Å². The monoisotopic (exact) mass is 325 g/mol. The maximum Gasteiger partial charge on any atom is 0.243 e. The van der Waals surface area contributed by atoms with Gasteiger partial charge in [0.25, 0.3) is 0 Å². The van der Waals surface area contributed by atoms with Gasteiger partial charge in [-0.25, -0.2) is 25.9 Å². The van der Waals surface area contributed by atoms with Crippen LogP contribution in [0.1, 0.15) is 13.3 Å². The van der Waals surface area contributed by atoms with Gasteiger partial charge in [0.2, 0.25) is 10.0 Å². The highest BCUT2D eigenvalue weighted by atomic mass is 32.2. The van der Waals surface area contributed by atoms with Gasteiger partial charge in [0.1, 0.15) is 10.7 Å². The van der Waals surface area contributed by atoms with Crippen molar-refractivity contribution in [1.29, 1.82) is 0 Å². The third-order valence-electron chi connectivity index (χ3n) is 2.66. The molecule has 6 nitrogen and oxygen atoms in total. The van der Waals surface area contributed by atoms with Crippen LogP contribution in [0.5, 0.6) is 0 Å². The normalized spacial score (nSPS) is 14.2. The summed E-state index contributed by atoms with van der Waals surface area (Å²) in [5, 5.41) is 8.97. The number of hydrogen-bond donors (Lipinski definition) is 2. The van der Waals surface area contributed by atoms with Gasteiger partial charge in [-0.3, -0.25) is 0 Å². The lowest BCUT2D eigenvalue weighted by atomic mass is 10.3. The summed E-state index contributed by atoms with van der Waals surface area (Å²) in [6, 6.07) is 1.77. The second kappa shape index (κ2) is 6.17. The fourth-order valence-corrected chi connectivity index (χ4v) is 3.59. The molecule has 1 atom stereocenters. The van der Waals surface area contributed by atoms with Crippen LogP contribution in [-0.2, 0) is 19.9 Å². The number of rotatable bonds is 6. The first kappa shape index (κ1) is 17.0. The molecule has 0 bridgehead atoms. The van der Waals surface area contributed by atoms with Crippen LogP contribution in [0.25, 0.3) is 0 Å². The van der Waals surface area contributed by atoms with E-state index in [9.17, 15) is 21.2 Å². The molecule has 0 aromatic heterocycles. The average molecular weight is 325 g/mol. The van der Waals surface area contributed by atoms with E-state index in [1.165, 1.54) is 0 Å². The molecule has 0 saturated heterocycles. The largest absolute Gasteiger partial charge is 0.395 e. The lowest BCUT2D eigenvalue weighted by molar-refractivity contribution is 0.253. The van der Waals surface area contributed by atoms with Gasteiger partial charge in [-0.2, -0.15) is 0 Å². The first-order valence-corrected chi connectivity index (χ1v) is 9.12. The Kier molecular flexibility index (Phi) is 5.25. The summed E-state index contributed by atoms with van der Waals surface area (Å²) in [7, 11) is -7.90. The fourth-order valence-electron chi connectivity index (χ4n) is 1.45. The van der Waals surface area contributed by atoms with Crippen LogP contribution in [-0.4, -0.2) is 40.8 Å². The molecule has 0 radical (unpaired) electrons. The quantitative estimate of drug-likeness (QED) is 0.732. The van der Waals surface area contributed by atoms with Crippen molar-refractivity contribution in [3.63, 3.8) is 0 Å². The minimum Gasteiger partial charge on any atom is -0.395 e. The van der Waals surface area contributed by atoms with Crippen molar-refractivity contribution in [2.45, 2.75) is 29.2 Å². The summed E-state index contributed by atoms with van der Waals surface area (Å²) in [5.74, 6) is -1.06. The Morgan fingerprint density at radius 1 is 1.30 bits per heavy atom. The van der Waals surface area contributed by atoms with Crippen LogP contribution in [0, 0.1) is 5.82 Å². The fraction of sp³-hybridized carbons (Fsp3) is 0.455. The van der Waals surface area contributed by atoms with Gasteiger partial charge in [0.05, 0.1) is 11.5 Å². The Labute approximate surface area is 117 Å². The summed E-state index contributed by atoms with van der Waals surface area (Å²) in [4.78, 5) is -1.05. The van der Waals surface area contributed by atoms with Crippen molar-refractivity contribution in [2.24, 2.45) is 0 Å². The lowest BCUT2D eigenvalue weighted by Crippen LogP contribution is -2.37. The van der Waals surface area contributed by atoms with Crippen LogP contribution in [0.2, 0.25) is 0 Å². The second-order valence-corrected chi connectivity index (χ2v) is 7.97. The van der Waals surface area contributed by atoms with Crippen molar-refractivity contribution < 1.29 is 26.3 Å². The number of nitrogens with one attached hydrogen (secondary N) is 1. The lowest BCUT2D eigenvalue weighted by Gasteiger charge is -2.15. The molecular weight excluding hydrogens is 309 g/mol. The summed E-state index contributed by atoms with van der Waals surface area (Å²) < 4.78 is 62.5. The minimum absolute atomic E-state index is 0.295. The number of aliphatic hydroxyl groups excluding tert-OH is 1. The standard InChI is InChI=1S/C11H16FNO5S2/c1-3-8(7-14)13-20(17,18)11-6-9(19(2,15)16)4-5-10(11)12/h4-6,8,13-14H,3,7H2,1-2H3/t8-/m0/s1. The maximum atomic E-state index is 13.6. The van der Waals surface area contributed by atoms with E-state index >= 15 is 0 Å². The maximum absolute atomic E-state index is 13.6. The predicted octanol–water partition coefficient (Wildman–Crippen LogP) is 0.278. The van der Waals surface area contributed by atoms with Crippen molar-refractivity contribution >= 4 is 19.9 Å². The summed E-state index contributed by atoms with van der Waals surface area (Å²) in [6.45, 7) is 1.20. The highest BCUT2D eigenvalue weighted by Crippen LogP contribution is 2.20. The zero-order valence-electron chi connectivity index (χ0n) is 11.0. The average Bonchev–Trinajstić information content (AvgIpc) is 2.34. The van der Waals surface area contributed by atoms with Crippen molar-refractivity contribution in [3.8, 4) is 0 Å². The molecule has 0 saturated carbocycles. The molecule has 114 valence electrons. The zero-order valence-corrected chi connectivity index (χ0v) is 12.6. The minimum atomic E-state index is -4.25. The Morgan fingerprint density at radius 2 is 1.90 bits per heavy atom. The molecule has 2 N–H and O–H groups in total. The van der Waals surface area contributed by atoms with Gasteiger partial charge >= 0.3 is 0 Å². The van der Waals surface area contributed by atoms with E-state index in [0.29, 0.717) is 6.42 Å². The van der Waals surface area contributed by atoms with Gasteiger partial charge < -0.3 is 5.11 Å². The summed E-state index contributed by atoms with van der Waals surface area (Å²) in [5.41, 5.74) is 0. The van der Waals surface area contributed by atoms with Crippen LogP contribution in [0.4, 0.5) is 4.39 Å². The molecule has 20 heavy (non-hydrogen) atoms. The molecule has 9 heteroatoms. The van der Waals surface area contributed by atoms with E-state index in [1.807, 2.05) is 0 Å². The molecule has 0 aliphatic carbocycles. The van der Waals surface area contributed by atoms with Crippen LogP contribution < -0.4 is 4.72 Å². The Balaban J connectivity index is 3.31. The predicted molar refractivity (Wildman–Crippen MR) is 71.0 cm³/mol. The van der Waals surface area contributed by atoms with Crippen molar-refractivity contribution in [1.82, 2.24) is 4.72 Å². The molecule has 0 amide bonds. The van der Waals surface area contributed by atoms with Crippen LogP contribution in [0.15, 0.2) is 28.0 Å². The first-order valence-electron chi connectivity index (χ1n) is 5.74. The molecule has 0 aliphatic rings. The van der Waals surface area contributed by atoms with E-state index in [1.54, 1.807) is 6.92 Å². The topological polar surface area (TPSA) is 101 Å². The molecule has 0 fully saturated rings. The number of aliphatic hydroxyl groups is 1. The van der Waals surface area contributed by atoms with Crippen LogP contribution >= 0.6 is 0 Å². The third-order valence-corrected chi connectivity index (χ3v) is 5.30. The van der Waals surface area contributed by atoms with E-state index in [2.05, 4.69) is 4.72 Å². The van der Waals surface area contributed by atoms with E-state index in [0.717, 1.165) is 24.5 Å². The SMILES string of the molecule is CC[C@@H](CO)NS(=O)(=O)c1cc(S(C)(=O)=O)ccc1F. The smallest absolute Gasteiger partial charge is 0.243 e. The van der Waals surface area contributed by atoms with Crippen molar-refractivity contribution in [2.75, 3.05) is 12.9 Å². The molecular formula is C11H16FNO5S2. The second-order valence-electron chi connectivity index (χ2n) is 4.27. The molecule has 0 heterocycles. The third kappa shape index (κ3) is 3.98. The highest BCUT2D eigenvalue weighted by molar-refractivity contribution is 7.91. The number of benzene rings is 1. The van der Waals surface area contributed by atoms with Gasteiger partial charge in [-0.15, -0.1) is 0 Å². The molecule has 1 aromatic rings. The number of hydrogen-bond acceptors (Lipinski definition) is 5. The molecule has 0 aliphatic heterocycles. The number of sulfone groups is 1. The van der Waals surface area contributed by atoms with E-state index < -0.39 is 43.2 Å². The molecule has 1 rings (SSSR count). The first-order chi connectivity index (χ1) is 9.11. The Morgan fingerprint density at radius 3 is 2.35 bits per heavy atom. The van der Waals surface area contributed by atoms with Gasteiger partial charge in [0.15, 0.2) is 9.84 Å². The Hall–Kier alpha value is -1.03. The zero-order chi connectivity index (χ0) is 15.6. The molecule has 1 aromatic carbocycles. The van der Waals surface area contributed by atoms with Gasteiger partial charge in [-0.1, -0.05) is 6.92 Å². The van der Waals surface area contributed by atoms with Crippen molar-refractivity contribution in [3.05, 3.63) is 24.0 Å². The molecule has 0 unspecified atom stereocenters. The summed E-state index contributed by atoms with van der Waals surface area (Å²) >= 11 is 0. The number of sulfonamides is 1. The van der Waals surface area contributed by atoms with Gasteiger partial charge in [-0.05, 0) is 24.6 Å². The van der Waals surface area contributed by atoms with E-state index in [4.69, 9.17) is 5.11 Å². The Bertz CT molecular complexity index is 681. The molecule has 0 spiro atoms. The van der Waals surface area contributed by atoms with E-state index in [-0.39, 0.29) is 4.90 Å². The summed E-state index contributed by atoms with van der Waals surface area (Å²) in [6.07, 6.45) is 1.20. The van der Waals surface area contributed by atoms with Crippen LogP contribution in [0.3, 0.4) is 0 Å². The number of halogens is 1.